The Labute approximate surface area is 97.3 Å². The molecule has 0 radical (unpaired) electrons. The highest BCUT2D eigenvalue weighted by Crippen LogP contribution is 2.26. The first-order valence-corrected chi connectivity index (χ1v) is 6.17. The van der Waals surface area contributed by atoms with Crippen LogP contribution in [-0.2, 0) is 4.74 Å². The van der Waals surface area contributed by atoms with Crippen LogP contribution in [0.1, 0.15) is 33.6 Å². The van der Waals surface area contributed by atoms with Gasteiger partial charge in [0.1, 0.15) is 5.60 Å². The minimum atomic E-state index is -0.391. The Hall–Kier alpha value is -0.770. The summed E-state index contributed by atoms with van der Waals surface area (Å²) in [6.07, 6.45) is 2.30. The summed E-state index contributed by atoms with van der Waals surface area (Å²) in [5, 5.41) is 3.48. The molecule has 2 aliphatic rings. The van der Waals surface area contributed by atoms with E-state index in [0.717, 1.165) is 19.6 Å². The fourth-order valence-corrected chi connectivity index (χ4v) is 2.52. The lowest BCUT2D eigenvalue weighted by Gasteiger charge is -2.24. The zero-order chi connectivity index (χ0) is 11.8. The molecule has 4 nitrogen and oxygen atoms in total. The Bertz CT molecular complexity index is 259. The molecule has 0 aromatic carbocycles. The van der Waals surface area contributed by atoms with E-state index in [1.165, 1.54) is 12.8 Å². The van der Waals surface area contributed by atoms with Gasteiger partial charge in [-0.25, -0.2) is 4.79 Å². The number of carbonyl (C=O) groups excluding carboxylic acids is 1. The van der Waals surface area contributed by atoms with E-state index in [1.54, 1.807) is 0 Å². The SMILES string of the molecule is CC(C)(C)OC(=O)N1CC2CCCNC2C1. The Balaban J connectivity index is 1.90. The number of amides is 1. The molecule has 0 aromatic heterocycles. The molecule has 4 heteroatoms. The Morgan fingerprint density at radius 2 is 2.12 bits per heavy atom. The summed E-state index contributed by atoms with van der Waals surface area (Å²) in [6, 6.07) is 0.487. The van der Waals surface area contributed by atoms with Crippen LogP contribution in [0.3, 0.4) is 0 Å². The van der Waals surface area contributed by atoms with Crippen LogP contribution >= 0.6 is 0 Å². The van der Waals surface area contributed by atoms with Gasteiger partial charge < -0.3 is 15.0 Å². The average Bonchev–Trinajstić information content (AvgIpc) is 2.58. The van der Waals surface area contributed by atoms with Crippen molar-refractivity contribution in [3.05, 3.63) is 0 Å². The minimum Gasteiger partial charge on any atom is -0.444 e. The number of rotatable bonds is 0. The summed E-state index contributed by atoms with van der Waals surface area (Å²) in [5.41, 5.74) is -0.391. The molecular formula is C12H22N2O2. The highest BCUT2D eigenvalue weighted by atomic mass is 16.6. The monoisotopic (exact) mass is 226 g/mol. The van der Waals surface area contributed by atoms with E-state index in [9.17, 15) is 4.79 Å². The minimum absolute atomic E-state index is 0.163. The van der Waals surface area contributed by atoms with Crippen molar-refractivity contribution in [2.45, 2.75) is 45.3 Å². The van der Waals surface area contributed by atoms with Crippen molar-refractivity contribution in [3.8, 4) is 0 Å². The van der Waals surface area contributed by atoms with Gasteiger partial charge >= 0.3 is 6.09 Å². The van der Waals surface area contributed by atoms with Gasteiger partial charge in [-0.15, -0.1) is 0 Å². The lowest BCUT2D eigenvalue weighted by atomic mass is 9.94. The largest absolute Gasteiger partial charge is 0.444 e. The van der Waals surface area contributed by atoms with Gasteiger partial charge in [-0.1, -0.05) is 0 Å². The Morgan fingerprint density at radius 3 is 2.75 bits per heavy atom. The maximum absolute atomic E-state index is 11.9. The topological polar surface area (TPSA) is 41.6 Å². The molecule has 2 aliphatic heterocycles. The van der Waals surface area contributed by atoms with E-state index < -0.39 is 5.60 Å². The van der Waals surface area contributed by atoms with E-state index in [2.05, 4.69) is 5.32 Å². The second-order valence-corrected chi connectivity index (χ2v) is 5.85. The average molecular weight is 226 g/mol. The van der Waals surface area contributed by atoms with E-state index in [4.69, 9.17) is 4.74 Å². The predicted octanol–water partition coefficient (Wildman–Crippen LogP) is 1.61. The second kappa shape index (κ2) is 4.24. The van der Waals surface area contributed by atoms with Crippen molar-refractivity contribution in [1.29, 1.82) is 0 Å². The Morgan fingerprint density at radius 1 is 1.38 bits per heavy atom. The number of carbonyl (C=O) groups is 1. The summed E-state index contributed by atoms with van der Waals surface area (Å²) in [6.45, 7) is 8.47. The fourth-order valence-electron chi connectivity index (χ4n) is 2.52. The summed E-state index contributed by atoms with van der Waals surface area (Å²) < 4.78 is 5.39. The smallest absolute Gasteiger partial charge is 0.410 e. The van der Waals surface area contributed by atoms with Crippen LogP contribution in [0.4, 0.5) is 4.79 Å². The number of hydrogen-bond donors (Lipinski definition) is 1. The number of nitrogens with one attached hydrogen (secondary N) is 1. The summed E-state index contributed by atoms with van der Waals surface area (Å²) in [4.78, 5) is 13.7. The molecule has 0 saturated carbocycles. The molecule has 2 rings (SSSR count). The van der Waals surface area contributed by atoms with Gasteiger partial charge in [0.15, 0.2) is 0 Å². The van der Waals surface area contributed by atoms with Crippen molar-refractivity contribution in [2.24, 2.45) is 5.92 Å². The summed E-state index contributed by atoms with van der Waals surface area (Å²) >= 11 is 0. The quantitative estimate of drug-likeness (QED) is 0.682. The van der Waals surface area contributed by atoms with Crippen molar-refractivity contribution in [2.75, 3.05) is 19.6 Å². The molecule has 0 aromatic rings. The first-order chi connectivity index (χ1) is 7.46. The van der Waals surface area contributed by atoms with Gasteiger partial charge in [-0.3, -0.25) is 0 Å². The van der Waals surface area contributed by atoms with Gasteiger partial charge in [-0.05, 0) is 46.1 Å². The van der Waals surface area contributed by atoms with E-state index in [1.807, 2.05) is 25.7 Å². The van der Waals surface area contributed by atoms with Crippen LogP contribution < -0.4 is 5.32 Å². The Kier molecular flexibility index (Phi) is 3.10. The molecular weight excluding hydrogens is 204 g/mol. The second-order valence-electron chi connectivity index (χ2n) is 5.85. The zero-order valence-electron chi connectivity index (χ0n) is 10.5. The number of fused-ring (bicyclic) bond motifs is 1. The van der Waals surface area contributed by atoms with Crippen molar-refractivity contribution < 1.29 is 9.53 Å². The molecule has 0 aliphatic carbocycles. The van der Waals surface area contributed by atoms with Crippen molar-refractivity contribution >= 4 is 6.09 Å². The van der Waals surface area contributed by atoms with Crippen LogP contribution in [-0.4, -0.2) is 42.3 Å². The third kappa shape index (κ3) is 2.67. The molecule has 2 atom stereocenters. The summed E-state index contributed by atoms with van der Waals surface area (Å²) in [7, 11) is 0. The van der Waals surface area contributed by atoms with E-state index in [-0.39, 0.29) is 6.09 Å². The van der Waals surface area contributed by atoms with E-state index >= 15 is 0 Å². The number of piperidine rings is 1. The standard InChI is InChI=1S/C12H22N2O2/c1-12(2,3)16-11(15)14-7-9-5-4-6-13-10(9)8-14/h9-10,13H,4-8H2,1-3H3. The maximum Gasteiger partial charge on any atom is 0.410 e. The lowest BCUT2D eigenvalue weighted by Crippen LogP contribution is -2.41. The number of nitrogens with zero attached hydrogens (tertiary/aromatic N) is 1. The van der Waals surface area contributed by atoms with Crippen LogP contribution in [0, 0.1) is 5.92 Å². The van der Waals surface area contributed by atoms with Crippen LogP contribution in [0.25, 0.3) is 0 Å². The molecule has 0 spiro atoms. The zero-order valence-corrected chi connectivity index (χ0v) is 10.5. The molecule has 2 saturated heterocycles. The van der Waals surface area contributed by atoms with E-state index in [0.29, 0.717) is 12.0 Å². The highest BCUT2D eigenvalue weighted by molar-refractivity contribution is 5.68. The van der Waals surface area contributed by atoms with Crippen LogP contribution in [0.15, 0.2) is 0 Å². The molecule has 0 bridgehead atoms. The normalized spacial score (nSPS) is 30.1. The number of ether oxygens (including phenoxy) is 1. The predicted molar refractivity (Wildman–Crippen MR) is 62.3 cm³/mol. The van der Waals surface area contributed by atoms with Crippen molar-refractivity contribution in [1.82, 2.24) is 10.2 Å². The van der Waals surface area contributed by atoms with Gasteiger partial charge in [0.2, 0.25) is 0 Å². The van der Waals surface area contributed by atoms with Gasteiger partial charge in [0.25, 0.3) is 0 Å². The molecule has 2 heterocycles. The van der Waals surface area contributed by atoms with Gasteiger partial charge in [0.05, 0.1) is 0 Å². The molecule has 2 unspecified atom stereocenters. The number of likely N-dealkylation sites (tertiary alicyclic amines) is 1. The maximum atomic E-state index is 11.9. The highest BCUT2D eigenvalue weighted by Gasteiger charge is 2.37. The first-order valence-electron chi connectivity index (χ1n) is 6.17. The first kappa shape index (κ1) is 11.7. The molecule has 1 N–H and O–H groups in total. The third-order valence-electron chi connectivity index (χ3n) is 3.25. The fraction of sp³-hybridized carbons (Fsp3) is 0.917. The molecule has 2 fully saturated rings. The molecule has 16 heavy (non-hydrogen) atoms. The van der Waals surface area contributed by atoms with Gasteiger partial charge in [-0.2, -0.15) is 0 Å². The molecule has 1 amide bonds. The van der Waals surface area contributed by atoms with Crippen LogP contribution in [0.5, 0.6) is 0 Å². The lowest BCUT2D eigenvalue weighted by molar-refractivity contribution is 0.0286. The number of hydrogen-bond acceptors (Lipinski definition) is 3. The van der Waals surface area contributed by atoms with Crippen LogP contribution in [0.2, 0.25) is 0 Å². The third-order valence-corrected chi connectivity index (χ3v) is 3.25. The summed E-state index contributed by atoms with van der Waals surface area (Å²) in [5.74, 6) is 0.626. The van der Waals surface area contributed by atoms with Crippen molar-refractivity contribution in [3.63, 3.8) is 0 Å². The van der Waals surface area contributed by atoms with Gasteiger partial charge in [0, 0.05) is 19.1 Å². The molecule has 92 valence electrons.